The number of rotatable bonds is 4. The first kappa shape index (κ1) is 15.5. The van der Waals surface area contributed by atoms with Gasteiger partial charge in [-0.3, -0.25) is 0 Å². The zero-order chi connectivity index (χ0) is 16.2. The van der Waals surface area contributed by atoms with Crippen LogP contribution in [-0.4, -0.2) is 51.0 Å². The normalized spacial score (nSPS) is 17.9. The monoisotopic (exact) mass is 317 g/mol. The minimum absolute atomic E-state index is 0.135. The van der Waals surface area contributed by atoms with Crippen LogP contribution in [0.25, 0.3) is 11.4 Å². The van der Waals surface area contributed by atoms with Crippen molar-refractivity contribution in [2.75, 3.05) is 13.7 Å². The molecule has 0 aliphatic carbocycles. The molecule has 0 amide bonds. The average molecular weight is 317 g/mol. The van der Waals surface area contributed by atoms with Gasteiger partial charge in [0.1, 0.15) is 5.69 Å². The highest BCUT2D eigenvalue weighted by atomic mass is 16.5. The Hall–Kier alpha value is -2.35. The summed E-state index contributed by atoms with van der Waals surface area (Å²) >= 11 is 0. The summed E-state index contributed by atoms with van der Waals surface area (Å²) in [5.74, 6) is -0.0330. The van der Waals surface area contributed by atoms with E-state index in [1.54, 1.807) is 17.8 Å². The first-order valence-electron chi connectivity index (χ1n) is 7.62. The Morgan fingerprint density at radius 2 is 2.30 bits per heavy atom. The zero-order valence-electron chi connectivity index (χ0n) is 13.2. The number of esters is 1. The number of carbonyl (C=O) groups excluding carboxylic acids is 1. The smallest absolute Gasteiger partial charge is 0.356 e. The maximum absolute atomic E-state index is 11.7. The first-order chi connectivity index (χ1) is 11.2. The number of carbonyl (C=O) groups is 1. The van der Waals surface area contributed by atoms with E-state index in [1.807, 2.05) is 6.07 Å². The number of aryl methyl sites for hydroxylation is 1. The maximum atomic E-state index is 11.7. The van der Waals surface area contributed by atoms with Crippen molar-refractivity contribution in [2.24, 2.45) is 0 Å². The lowest BCUT2D eigenvalue weighted by molar-refractivity contribution is 0.00133. The van der Waals surface area contributed by atoms with Crippen molar-refractivity contribution in [3.8, 4) is 11.4 Å². The van der Waals surface area contributed by atoms with E-state index in [0.29, 0.717) is 23.6 Å². The predicted octanol–water partition coefficient (Wildman–Crippen LogP) is 1.40. The Balaban J connectivity index is 1.79. The Morgan fingerprint density at radius 1 is 1.43 bits per heavy atom. The number of ether oxygens (including phenoxy) is 2. The molecule has 23 heavy (non-hydrogen) atoms. The molecule has 1 saturated heterocycles. The lowest BCUT2D eigenvalue weighted by Gasteiger charge is -2.21. The van der Waals surface area contributed by atoms with Gasteiger partial charge in [-0.25, -0.2) is 9.78 Å². The van der Waals surface area contributed by atoms with Gasteiger partial charge in [-0.05, 0) is 43.5 Å². The van der Waals surface area contributed by atoms with Gasteiger partial charge >= 0.3 is 5.97 Å². The standard InChI is InChI=1S/C15H19N5O3/c1-10-7-11(8-13(16-10)15(21)22-2)14-17-19-20(18-14)9-12-5-3-4-6-23-12/h7-8,12H,3-6,9H2,1-2H3. The lowest BCUT2D eigenvalue weighted by Crippen LogP contribution is -2.25. The number of aromatic nitrogens is 5. The third-order valence-electron chi connectivity index (χ3n) is 3.70. The molecule has 1 unspecified atom stereocenters. The number of pyridine rings is 1. The van der Waals surface area contributed by atoms with Gasteiger partial charge in [-0.2, -0.15) is 4.80 Å². The Kier molecular flexibility index (Phi) is 4.61. The van der Waals surface area contributed by atoms with E-state index in [1.165, 1.54) is 7.11 Å². The second-order valence-electron chi connectivity index (χ2n) is 5.53. The van der Waals surface area contributed by atoms with Crippen LogP contribution in [0.5, 0.6) is 0 Å². The van der Waals surface area contributed by atoms with Gasteiger partial charge in [-0.1, -0.05) is 0 Å². The van der Waals surface area contributed by atoms with Gasteiger partial charge < -0.3 is 9.47 Å². The topological polar surface area (TPSA) is 92.0 Å². The number of hydrogen-bond donors (Lipinski definition) is 0. The zero-order valence-corrected chi connectivity index (χ0v) is 13.2. The summed E-state index contributed by atoms with van der Waals surface area (Å²) in [6.45, 7) is 3.18. The van der Waals surface area contributed by atoms with Crippen molar-refractivity contribution in [3.05, 3.63) is 23.5 Å². The summed E-state index contributed by atoms with van der Waals surface area (Å²) in [4.78, 5) is 17.3. The van der Waals surface area contributed by atoms with Crippen LogP contribution < -0.4 is 0 Å². The van der Waals surface area contributed by atoms with Crippen LogP contribution in [0.4, 0.5) is 0 Å². The molecule has 0 saturated carbocycles. The van der Waals surface area contributed by atoms with Crippen molar-refractivity contribution >= 4 is 5.97 Å². The van der Waals surface area contributed by atoms with Gasteiger partial charge in [-0.15, -0.1) is 10.2 Å². The lowest BCUT2D eigenvalue weighted by atomic mass is 10.1. The molecule has 0 radical (unpaired) electrons. The quantitative estimate of drug-likeness (QED) is 0.787. The molecule has 3 rings (SSSR count). The first-order valence-corrected chi connectivity index (χ1v) is 7.62. The molecule has 2 aromatic heterocycles. The van der Waals surface area contributed by atoms with Crippen molar-refractivity contribution in [3.63, 3.8) is 0 Å². The van der Waals surface area contributed by atoms with E-state index in [4.69, 9.17) is 9.47 Å². The minimum Gasteiger partial charge on any atom is -0.464 e. The average Bonchev–Trinajstić information content (AvgIpc) is 3.03. The molecular weight excluding hydrogens is 298 g/mol. The van der Waals surface area contributed by atoms with E-state index in [0.717, 1.165) is 25.9 Å². The van der Waals surface area contributed by atoms with Gasteiger partial charge in [0, 0.05) is 17.9 Å². The Morgan fingerprint density at radius 3 is 3.04 bits per heavy atom. The SMILES string of the molecule is COC(=O)c1cc(-c2nnn(CC3CCCCO3)n2)cc(C)n1. The van der Waals surface area contributed by atoms with Gasteiger partial charge in [0.15, 0.2) is 0 Å². The van der Waals surface area contributed by atoms with Crippen molar-refractivity contribution in [1.29, 1.82) is 0 Å². The van der Waals surface area contributed by atoms with Crippen LogP contribution in [0.15, 0.2) is 12.1 Å². The molecule has 2 aromatic rings. The summed E-state index contributed by atoms with van der Waals surface area (Å²) in [6, 6.07) is 3.42. The summed E-state index contributed by atoms with van der Waals surface area (Å²) in [5, 5.41) is 12.5. The molecular formula is C15H19N5O3. The highest BCUT2D eigenvalue weighted by Crippen LogP contribution is 2.18. The molecule has 0 bridgehead atoms. The van der Waals surface area contributed by atoms with Crippen molar-refractivity contribution in [1.82, 2.24) is 25.2 Å². The Bertz CT molecular complexity index is 694. The summed E-state index contributed by atoms with van der Waals surface area (Å²) in [7, 11) is 1.32. The van der Waals surface area contributed by atoms with E-state index in [-0.39, 0.29) is 11.8 Å². The van der Waals surface area contributed by atoms with E-state index in [2.05, 4.69) is 20.4 Å². The van der Waals surface area contributed by atoms with Gasteiger partial charge in [0.05, 0.1) is 19.8 Å². The van der Waals surface area contributed by atoms with Crippen LogP contribution in [-0.2, 0) is 16.0 Å². The summed E-state index contributed by atoms with van der Waals surface area (Å²) in [6.07, 6.45) is 3.42. The molecule has 122 valence electrons. The van der Waals surface area contributed by atoms with E-state index < -0.39 is 5.97 Å². The van der Waals surface area contributed by atoms with Crippen molar-refractivity contribution < 1.29 is 14.3 Å². The molecule has 0 N–H and O–H groups in total. The summed E-state index contributed by atoms with van der Waals surface area (Å²) < 4.78 is 10.4. The largest absolute Gasteiger partial charge is 0.464 e. The summed E-state index contributed by atoms with van der Waals surface area (Å²) in [5.41, 5.74) is 1.61. The highest BCUT2D eigenvalue weighted by Gasteiger charge is 2.17. The maximum Gasteiger partial charge on any atom is 0.356 e. The third kappa shape index (κ3) is 3.70. The molecule has 1 atom stereocenters. The molecule has 3 heterocycles. The molecule has 0 aromatic carbocycles. The second kappa shape index (κ2) is 6.82. The van der Waals surface area contributed by atoms with Crippen LogP contribution in [0, 0.1) is 6.92 Å². The van der Waals surface area contributed by atoms with Crippen LogP contribution in [0.2, 0.25) is 0 Å². The van der Waals surface area contributed by atoms with E-state index >= 15 is 0 Å². The molecule has 0 spiro atoms. The fraction of sp³-hybridized carbons (Fsp3) is 0.533. The van der Waals surface area contributed by atoms with Crippen LogP contribution >= 0.6 is 0 Å². The van der Waals surface area contributed by atoms with Gasteiger partial charge in [0.2, 0.25) is 5.82 Å². The highest BCUT2D eigenvalue weighted by molar-refractivity contribution is 5.88. The molecule has 1 aliphatic rings. The number of nitrogens with zero attached hydrogens (tertiary/aromatic N) is 5. The second-order valence-corrected chi connectivity index (χ2v) is 5.53. The molecule has 1 aliphatic heterocycles. The fourth-order valence-electron chi connectivity index (χ4n) is 2.58. The molecule has 1 fully saturated rings. The molecule has 8 heteroatoms. The number of tetrazole rings is 1. The molecule has 8 nitrogen and oxygen atoms in total. The van der Waals surface area contributed by atoms with Crippen molar-refractivity contribution in [2.45, 2.75) is 38.8 Å². The van der Waals surface area contributed by atoms with Gasteiger partial charge in [0.25, 0.3) is 0 Å². The number of hydrogen-bond acceptors (Lipinski definition) is 7. The Labute approximate surface area is 133 Å². The van der Waals surface area contributed by atoms with Crippen LogP contribution in [0.1, 0.15) is 35.4 Å². The van der Waals surface area contributed by atoms with Crippen LogP contribution in [0.3, 0.4) is 0 Å². The van der Waals surface area contributed by atoms with E-state index in [9.17, 15) is 4.79 Å². The minimum atomic E-state index is -0.488. The number of methoxy groups -OCH3 is 1. The predicted molar refractivity (Wildman–Crippen MR) is 80.7 cm³/mol. The third-order valence-corrected chi connectivity index (χ3v) is 3.70. The fourth-order valence-corrected chi connectivity index (χ4v) is 2.58.